The fourth-order valence-electron chi connectivity index (χ4n) is 2.32. The first-order valence-corrected chi connectivity index (χ1v) is 5.69. The monoisotopic (exact) mass is 221 g/mol. The van der Waals surface area contributed by atoms with E-state index in [-0.39, 0.29) is 23.6 Å². The minimum atomic E-state index is -0.270. The average Bonchev–Trinajstić information content (AvgIpc) is 2.68. The van der Waals surface area contributed by atoms with E-state index >= 15 is 0 Å². The quantitative estimate of drug-likeness (QED) is 0.849. The van der Waals surface area contributed by atoms with Crippen LogP contribution in [0.5, 0.6) is 0 Å². The molecule has 3 heteroatoms. The molecule has 1 aromatic rings. The zero-order valence-electron chi connectivity index (χ0n) is 9.16. The van der Waals surface area contributed by atoms with Crippen LogP contribution in [-0.4, -0.2) is 11.8 Å². The lowest BCUT2D eigenvalue weighted by atomic mass is 9.94. The van der Waals surface area contributed by atoms with E-state index in [1.807, 2.05) is 0 Å². The summed E-state index contributed by atoms with van der Waals surface area (Å²) in [6.45, 7) is 0. The van der Waals surface area contributed by atoms with E-state index in [0.29, 0.717) is 6.42 Å². The van der Waals surface area contributed by atoms with E-state index in [2.05, 4.69) is 0 Å². The zero-order chi connectivity index (χ0) is 11.5. The van der Waals surface area contributed by atoms with Crippen molar-refractivity contribution >= 4 is 5.78 Å². The topological polar surface area (TPSA) is 43.1 Å². The molecule has 1 aromatic carbocycles. The summed E-state index contributed by atoms with van der Waals surface area (Å²) >= 11 is 0. The number of ketones is 1. The first-order chi connectivity index (χ1) is 7.66. The molecule has 2 unspecified atom stereocenters. The summed E-state index contributed by atoms with van der Waals surface area (Å²) in [5, 5.41) is 0. The van der Waals surface area contributed by atoms with Crippen molar-refractivity contribution in [1.82, 2.24) is 0 Å². The molecule has 2 nitrogen and oxygen atoms in total. The van der Waals surface area contributed by atoms with Gasteiger partial charge in [-0.2, -0.15) is 0 Å². The van der Waals surface area contributed by atoms with Gasteiger partial charge in [0, 0.05) is 18.4 Å². The van der Waals surface area contributed by atoms with Gasteiger partial charge in [-0.15, -0.1) is 0 Å². The van der Waals surface area contributed by atoms with Crippen LogP contribution in [-0.2, 0) is 11.2 Å². The molecule has 0 amide bonds. The molecule has 0 spiro atoms. The Morgan fingerprint density at radius 3 is 2.56 bits per heavy atom. The number of halogens is 1. The second-order valence-electron chi connectivity index (χ2n) is 4.47. The first-order valence-electron chi connectivity index (χ1n) is 5.69. The van der Waals surface area contributed by atoms with Crippen LogP contribution < -0.4 is 5.73 Å². The van der Waals surface area contributed by atoms with Crippen molar-refractivity contribution in [3.63, 3.8) is 0 Å². The summed E-state index contributed by atoms with van der Waals surface area (Å²) in [6, 6.07) is 6.11. The van der Waals surface area contributed by atoms with Gasteiger partial charge in [-0.25, -0.2) is 4.39 Å². The molecule has 16 heavy (non-hydrogen) atoms. The predicted octanol–water partition coefficient (Wildman–Crippen LogP) is 2.06. The van der Waals surface area contributed by atoms with E-state index in [9.17, 15) is 9.18 Å². The third-order valence-corrected chi connectivity index (χ3v) is 3.27. The van der Waals surface area contributed by atoms with Crippen molar-refractivity contribution in [3.05, 3.63) is 35.6 Å². The van der Waals surface area contributed by atoms with Crippen molar-refractivity contribution in [2.24, 2.45) is 11.7 Å². The lowest BCUT2D eigenvalue weighted by Gasteiger charge is -2.13. The second kappa shape index (κ2) is 4.74. The summed E-state index contributed by atoms with van der Waals surface area (Å²) in [5.41, 5.74) is 6.74. The maximum atomic E-state index is 12.7. The summed E-state index contributed by atoms with van der Waals surface area (Å²) < 4.78 is 12.7. The SMILES string of the molecule is NC1CCCC1C(=O)Cc1ccc(F)cc1. The smallest absolute Gasteiger partial charge is 0.141 e. The van der Waals surface area contributed by atoms with E-state index in [1.54, 1.807) is 12.1 Å². The molecule has 2 atom stereocenters. The van der Waals surface area contributed by atoms with Crippen LogP contribution in [0.1, 0.15) is 24.8 Å². The number of hydrogen-bond acceptors (Lipinski definition) is 2. The fraction of sp³-hybridized carbons (Fsp3) is 0.462. The van der Waals surface area contributed by atoms with Crippen molar-refractivity contribution < 1.29 is 9.18 Å². The van der Waals surface area contributed by atoms with Crippen LogP contribution in [0.4, 0.5) is 4.39 Å². The summed E-state index contributed by atoms with van der Waals surface area (Å²) in [6.07, 6.45) is 3.26. The van der Waals surface area contributed by atoms with Gasteiger partial charge in [0.25, 0.3) is 0 Å². The molecule has 0 aliphatic heterocycles. The number of rotatable bonds is 3. The number of carbonyl (C=O) groups is 1. The minimum absolute atomic E-state index is 0.00468. The first kappa shape index (κ1) is 11.3. The molecule has 86 valence electrons. The molecule has 0 heterocycles. The Kier molecular flexibility index (Phi) is 3.34. The molecular weight excluding hydrogens is 205 g/mol. The van der Waals surface area contributed by atoms with Crippen molar-refractivity contribution in [3.8, 4) is 0 Å². The van der Waals surface area contributed by atoms with Gasteiger partial charge in [-0.3, -0.25) is 4.79 Å². The Bertz CT molecular complexity index is 374. The highest BCUT2D eigenvalue weighted by Gasteiger charge is 2.29. The molecule has 2 rings (SSSR count). The van der Waals surface area contributed by atoms with Gasteiger partial charge in [-0.1, -0.05) is 18.6 Å². The fourth-order valence-corrected chi connectivity index (χ4v) is 2.32. The number of carbonyl (C=O) groups excluding carboxylic acids is 1. The highest BCUT2D eigenvalue weighted by molar-refractivity contribution is 5.84. The van der Waals surface area contributed by atoms with Crippen LogP contribution in [0.15, 0.2) is 24.3 Å². The lowest BCUT2D eigenvalue weighted by molar-refractivity contribution is -0.122. The third-order valence-electron chi connectivity index (χ3n) is 3.27. The lowest BCUT2D eigenvalue weighted by Crippen LogP contribution is -2.31. The number of nitrogens with two attached hydrogens (primary N) is 1. The van der Waals surface area contributed by atoms with Crippen LogP contribution in [0.25, 0.3) is 0 Å². The van der Waals surface area contributed by atoms with Crippen LogP contribution in [0.2, 0.25) is 0 Å². The van der Waals surface area contributed by atoms with E-state index < -0.39 is 0 Å². The predicted molar refractivity (Wildman–Crippen MR) is 60.4 cm³/mol. The molecule has 1 fully saturated rings. The Balaban J connectivity index is 1.99. The van der Waals surface area contributed by atoms with Crippen LogP contribution in [0.3, 0.4) is 0 Å². The van der Waals surface area contributed by atoms with Gasteiger partial charge in [0.15, 0.2) is 0 Å². The molecule has 0 radical (unpaired) electrons. The normalized spacial score (nSPS) is 24.6. The molecule has 1 aliphatic carbocycles. The van der Waals surface area contributed by atoms with Gasteiger partial charge >= 0.3 is 0 Å². The highest BCUT2D eigenvalue weighted by Crippen LogP contribution is 2.25. The summed E-state index contributed by atoms with van der Waals surface area (Å²) in [5.74, 6) is -0.0737. The van der Waals surface area contributed by atoms with Crippen molar-refractivity contribution in [2.75, 3.05) is 0 Å². The maximum Gasteiger partial charge on any atom is 0.141 e. The van der Waals surface area contributed by atoms with Crippen molar-refractivity contribution in [1.29, 1.82) is 0 Å². The summed E-state index contributed by atoms with van der Waals surface area (Å²) in [4.78, 5) is 11.9. The van der Waals surface area contributed by atoms with Gasteiger partial charge in [-0.05, 0) is 30.5 Å². The Morgan fingerprint density at radius 1 is 1.31 bits per heavy atom. The molecule has 0 saturated heterocycles. The van der Waals surface area contributed by atoms with E-state index in [0.717, 1.165) is 24.8 Å². The van der Waals surface area contributed by atoms with Gasteiger partial charge < -0.3 is 5.73 Å². The molecule has 2 N–H and O–H groups in total. The van der Waals surface area contributed by atoms with Crippen LogP contribution in [0, 0.1) is 11.7 Å². The van der Waals surface area contributed by atoms with Gasteiger partial charge in [0.1, 0.15) is 11.6 Å². The van der Waals surface area contributed by atoms with E-state index in [1.165, 1.54) is 12.1 Å². The van der Waals surface area contributed by atoms with Gasteiger partial charge in [0.2, 0.25) is 0 Å². The standard InChI is InChI=1S/C13H16FNO/c14-10-6-4-9(5-7-10)8-13(16)11-2-1-3-12(11)15/h4-7,11-12H,1-3,8,15H2. The number of hydrogen-bond donors (Lipinski definition) is 1. The third kappa shape index (κ3) is 2.47. The molecule has 1 aliphatic rings. The number of Topliss-reactive ketones (excluding diaryl/α,β-unsaturated/α-hetero) is 1. The largest absolute Gasteiger partial charge is 0.327 e. The zero-order valence-corrected chi connectivity index (χ0v) is 9.16. The molecule has 0 bridgehead atoms. The van der Waals surface area contributed by atoms with Gasteiger partial charge in [0.05, 0.1) is 0 Å². The molecule has 1 saturated carbocycles. The van der Waals surface area contributed by atoms with Crippen LogP contribution >= 0.6 is 0 Å². The molecule has 0 aromatic heterocycles. The molecular formula is C13H16FNO. The summed E-state index contributed by atoms with van der Waals surface area (Å²) in [7, 11) is 0. The Morgan fingerprint density at radius 2 is 2.00 bits per heavy atom. The average molecular weight is 221 g/mol. The minimum Gasteiger partial charge on any atom is -0.327 e. The maximum absolute atomic E-state index is 12.7. The number of benzene rings is 1. The second-order valence-corrected chi connectivity index (χ2v) is 4.47. The highest BCUT2D eigenvalue weighted by atomic mass is 19.1. The van der Waals surface area contributed by atoms with Crippen molar-refractivity contribution in [2.45, 2.75) is 31.7 Å². The Labute approximate surface area is 94.6 Å². The van der Waals surface area contributed by atoms with E-state index in [4.69, 9.17) is 5.73 Å². The Hall–Kier alpha value is -1.22.